The minimum atomic E-state index is -0.0542. The molecule has 1 aliphatic heterocycles. The van der Waals surface area contributed by atoms with Crippen molar-refractivity contribution in [1.29, 1.82) is 0 Å². The summed E-state index contributed by atoms with van der Waals surface area (Å²) in [6, 6.07) is 5.28. The first kappa shape index (κ1) is 16.3. The number of halogens is 1. The molecule has 1 amide bonds. The van der Waals surface area contributed by atoms with Crippen molar-refractivity contribution >= 4 is 27.5 Å². The number of piperidine rings is 1. The van der Waals surface area contributed by atoms with Gasteiger partial charge < -0.3 is 16.0 Å². The van der Waals surface area contributed by atoms with E-state index in [1.807, 2.05) is 0 Å². The first-order chi connectivity index (χ1) is 10.1. The number of amides is 1. The van der Waals surface area contributed by atoms with Crippen LogP contribution in [0.5, 0.6) is 0 Å². The molecular formula is C16H24BrN3O. The van der Waals surface area contributed by atoms with Gasteiger partial charge in [0.25, 0.3) is 5.91 Å². The summed E-state index contributed by atoms with van der Waals surface area (Å²) in [5, 5.41) is 2.96. The summed E-state index contributed by atoms with van der Waals surface area (Å²) in [5.74, 6) is 0.810. The normalized spacial score (nSPS) is 16.9. The fourth-order valence-corrected chi connectivity index (χ4v) is 2.82. The van der Waals surface area contributed by atoms with Crippen LogP contribution < -0.4 is 11.1 Å². The Balaban J connectivity index is 1.68. The van der Waals surface area contributed by atoms with Crippen molar-refractivity contribution in [2.45, 2.75) is 26.2 Å². The third-order valence-electron chi connectivity index (χ3n) is 4.07. The largest absolute Gasteiger partial charge is 0.398 e. The average molecular weight is 354 g/mol. The Kier molecular flexibility index (Phi) is 6.06. The highest BCUT2D eigenvalue weighted by Gasteiger charge is 2.15. The number of likely N-dealkylation sites (tertiary alicyclic amines) is 1. The van der Waals surface area contributed by atoms with E-state index in [9.17, 15) is 4.79 Å². The molecule has 1 aromatic rings. The van der Waals surface area contributed by atoms with E-state index in [2.05, 4.69) is 33.1 Å². The van der Waals surface area contributed by atoms with Gasteiger partial charge in [-0.2, -0.15) is 0 Å². The number of hydrogen-bond acceptors (Lipinski definition) is 3. The van der Waals surface area contributed by atoms with E-state index in [0.717, 1.165) is 23.4 Å². The van der Waals surface area contributed by atoms with Crippen LogP contribution in [0.4, 0.5) is 5.69 Å². The number of rotatable bonds is 5. The maximum absolute atomic E-state index is 12.0. The molecule has 0 unspecified atom stereocenters. The Hall–Kier alpha value is -1.07. The number of carbonyl (C=O) groups excluding carboxylic acids is 1. The molecule has 1 aliphatic rings. The maximum atomic E-state index is 12.0. The minimum absolute atomic E-state index is 0.0542. The molecule has 1 heterocycles. The van der Waals surface area contributed by atoms with Crippen LogP contribution in [0.25, 0.3) is 0 Å². The summed E-state index contributed by atoms with van der Waals surface area (Å²) in [6.07, 6.45) is 3.58. The highest BCUT2D eigenvalue weighted by Crippen LogP contribution is 2.20. The minimum Gasteiger partial charge on any atom is -0.398 e. The number of carbonyl (C=O) groups is 1. The van der Waals surface area contributed by atoms with Crippen molar-refractivity contribution < 1.29 is 4.79 Å². The monoisotopic (exact) mass is 353 g/mol. The molecule has 21 heavy (non-hydrogen) atoms. The van der Waals surface area contributed by atoms with Crippen molar-refractivity contribution in [1.82, 2.24) is 10.2 Å². The van der Waals surface area contributed by atoms with Crippen LogP contribution in [0.1, 0.15) is 36.5 Å². The topological polar surface area (TPSA) is 58.4 Å². The van der Waals surface area contributed by atoms with Gasteiger partial charge in [-0.1, -0.05) is 6.92 Å². The van der Waals surface area contributed by atoms with E-state index in [0.29, 0.717) is 17.8 Å². The summed E-state index contributed by atoms with van der Waals surface area (Å²) in [6.45, 7) is 6.48. The first-order valence-corrected chi connectivity index (χ1v) is 8.41. The average Bonchev–Trinajstić information content (AvgIpc) is 2.48. The standard InChI is InChI=1S/C16H24BrN3O/c1-12-5-9-20(10-6-12)8-2-7-19-16(21)13-3-4-14(17)15(18)11-13/h3-4,11-12H,2,5-10,18H2,1H3,(H,19,21). The Morgan fingerprint density at radius 2 is 2.14 bits per heavy atom. The maximum Gasteiger partial charge on any atom is 0.251 e. The molecule has 2 rings (SSSR count). The van der Waals surface area contributed by atoms with E-state index in [1.54, 1.807) is 18.2 Å². The van der Waals surface area contributed by atoms with Gasteiger partial charge in [-0.15, -0.1) is 0 Å². The molecule has 0 spiro atoms. The predicted molar refractivity (Wildman–Crippen MR) is 90.3 cm³/mol. The lowest BCUT2D eigenvalue weighted by Crippen LogP contribution is -2.35. The van der Waals surface area contributed by atoms with Crippen molar-refractivity contribution in [2.24, 2.45) is 5.92 Å². The summed E-state index contributed by atoms with van der Waals surface area (Å²) in [5.41, 5.74) is 6.99. The van der Waals surface area contributed by atoms with Gasteiger partial charge in [0.1, 0.15) is 0 Å². The molecule has 4 nitrogen and oxygen atoms in total. The van der Waals surface area contributed by atoms with E-state index in [-0.39, 0.29) is 5.91 Å². The molecule has 3 N–H and O–H groups in total. The lowest BCUT2D eigenvalue weighted by molar-refractivity contribution is 0.0950. The SMILES string of the molecule is CC1CCN(CCCNC(=O)c2ccc(Br)c(N)c2)CC1. The second kappa shape index (κ2) is 7.80. The molecule has 0 bridgehead atoms. The summed E-state index contributed by atoms with van der Waals surface area (Å²) in [7, 11) is 0. The van der Waals surface area contributed by atoms with Gasteiger partial charge in [0, 0.05) is 22.3 Å². The number of benzene rings is 1. The van der Waals surface area contributed by atoms with E-state index in [1.165, 1.54) is 25.9 Å². The Bertz CT molecular complexity index is 484. The lowest BCUT2D eigenvalue weighted by Gasteiger charge is -2.30. The molecular weight excluding hydrogens is 330 g/mol. The summed E-state index contributed by atoms with van der Waals surface area (Å²) in [4.78, 5) is 14.5. The molecule has 0 aromatic heterocycles. The van der Waals surface area contributed by atoms with Crippen LogP contribution in [-0.2, 0) is 0 Å². The second-order valence-corrected chi connectivity index (χ2v) is 6.72. The zero-order valence-electron chi connectivity index (χ0n) is 12.6. The molecule has 1 fully saturated rings. The highest BCUT2D eigenvalue weighted by atomic mass is 79.9. The third-order valence-corrected chi connectivity index (χ3v) is 4.79. The molecule has 5 heteroatoms. The molecule has 116 valence electrons. The van der Waals surface area contributed by atoms with E-state index < -0.39 is 0 Å². The second-order valence-electron chi connectivity index (χ2n) is 5.87. The van der Waals surface area contributed by atoms with Gasteiger partial charge in [0.05, 0.1) is 0 Å². The van der Waals surface area contributed by atoms with Gasteiger partial charge in [-0.3, -0.25) is 4.79 Å². The van der Waals surface area contributed by atoms with Gasteiger partial charge in [-0.25, -0.2) is 0 Å². The molecule has 0 atom stereocenters. The molecule has 1 saturated heterocycles. The van der Waals surface area contributed by atoms with Gasteiger partial charge in [0.2, 0.25) is 0 Å². The number of nitrogens with one attached hydrogen (secondary N) is 1. The zero-order chi connectivity index (χ0) is 15.2. The lowest BCUT2D eigenvalue weighted by atomic mass is 9.99. The molecule has 1 aromatic carbocycles. The van der Waals surface area contributed by atoms with Crippen molar-refractivity contribution in [2.75, 3.05) is 31.9 Å². The van der Waals surface area contributed by atoms with Crippen LogP contribution in [-0.4, -0.2) is 37.0 Å². The number of hydrogen-bond donors (Lipinski definition) is 2. The first-order valence-electron chi connectivity index (χ1n) is 7.62. The number of anilines is 1. The van der Waals surface area contributed by atoms with Crippen molar-refractivity contribution in [3.63, 3.8) is 0 Å². The number of nitrogens with zero attached hydrogens (tertiary/aromatic N) is 1. The van der Waals surface area contributed by atoms with Crippen LogP contribution in [0.3, 0.4) is 0 Å². The fourth-order valence-electron chi connectivity index (χ4n) is 2.58. The van der Waals surface area contributed by atoms with E-state index >= 15 is 0 Å². The van der Waals surface area contributed by atoms with Gasteiger partial charge >= 0.3 is 0 Å². The fraction of sp³-hybridized carbons (Fsp3) is 0.562. The Morgan fingerprint density at radius 3 is 2.81 bits per heavy atom. The quantitative estimate of drug-likeness (QED) is 0.632. The van der Waals surface area contributed by atoms with Crippen LogP contribution >= 0.6 is 15.9 Å². The van der Waals surface area contributed by atoms with Crippen LogP contribution in [0.15, 0.2) is 22.7 Å². The molecule has 0 aliphatic carbocycles. The third kappa shape index (κ3) is 5.00. The van der Waals surface area contributed by atoms with Crippen LogP contribution in [0.2, 0.25) is 0 Å². The molecule has 0 radical (unpaired) electrons. The predicted octanol–water partition coefficient (Wildman–Crippen LogP) is 2.88. The van der Waals surface area contributed by atoms with E-state index in [4.69, 9.17) is 5.73 Å². The number of nitrogens with two attached hydrogens (primary N) is 1. The van der Waals surface area contributed by atoms with Gasteiger partial charge in [0.15, 0.2) is 0 Å². The summed E-state index contributed by atoms with van der Waals surface area (Å²) < 4.78 is 0.818. The highest BCUT2D eigenvalue weighted by molar-refractivity contribution is 9.10. The Morgan fingerprint density at radius 1 is 1.43 bits per heavy atom. The van der Waals surface area contributed by atoms with Crippen molar-refractivity contribution in [3.05, 3.63) is 28.2 Å². The summed E-state index contributed by atoms with van der Waals surface area (Å²) >= 11 is 3.33. The number of nitrogen functional groups attached to an aromatic ring is 1. The molecule has 0 saturated carbocycles. The van der Waals surface area contributed by atoms with Crippen molar-refractivity contribution in [3.8, 4) is 0 Å². The zero-order valence-corrected chi connectivity index (χ0v) is 14.2. The van der Waals surface area contributed by atoms with Crippen LogP contribution in [0, 0.1) is 5.92 Å². The van der Waals surface area contributed by atoms with Gasteiger partial charge in [-0.05, 0) is 78.9 Å². The smallest absolute Gasteiger partial charge is 0.251 e. The Labute approximate surface area is 135 Å².